The third-order valence-corrected chi connectivity index (χ3v) is 2.97. The quantitative estimate of drug-likeness (QED) is 0.796. The van der Waals surface area contributed by atoms with E-state index in [9.17, 15) is 13.6 Å². The smallest absolute Gasteiger partial charge is 0.168 e. The molecule has 2 rings (SSSR count). The van der Waals surface area contributed by atoms with Gasteiger partial charge in [0.15, 0.2) is 17.4 Å². The van der Waals surface area contributed by atoms with Gasteiger partial charge >= 0.3 is 0 Å². The number of ketones is 1. The van der Waals surface area contributed by atoms with Gasteiger partial charge in [-0.3, -0.25) is 9.48 Å². The molecule has 0 aliphatic heterocycles. The van der Waals surface area contributed by atoms with Crippen molar-refractivity contribution in [1.29, 1.82) is 0 Å². The number of carbonyl (C=O) groups excluding carboxylic acids is 1. The monoisotopic (exact) mass is 264 g/mol. The average Bonchev–Trinajstić information content (AvgIpc) is 2.73. The Kier molecular flexibility index (Phi) is 3.74. The van der Waals surface area contributed by atoms with E-state index in [4.69, 9.17) is 0 Å². The first-order valence-electron chi connectivity index (χ1n) is 6.01. The molecule has 0 N–H and O–H groups in total. The van der Waals surface area contributed by atoms with Crippen LogP contribution in [0.1, 0.15) is 28.7 Å². The van der Waals surface area contributed by atoms with Gasteiger partial charge in [-0.05, 0) is 30.7 Å². The Morgan fingerprint density at radius 2 is 2.00 bits per heavy atom. The normalized spacial score (nSPS) is 10.7. The molecule has 0 fully saturated rings. The number of hydrogen-bond acceptors (Lipinski definition) is 2. The van der Waals surface area contributed by atoms with E-state index in [0.29, 0.717) is 0 Å². The van der Waals surface area contributed by atoms with Crippen LogP contribution in [0.25, 0.3) is 0 Å². The molecule has 0 atom stereocenters. The van der Waals surface area contributed by atoms with Gasteiger partial charge in [0.1, 0.15) is 0 Å². The standard InChI is InChI=1S/C14H14F2N2O/c1-3-10-7-11(18(2)17-10)8-14(19)9-4-5-12(15)13(16)6-9/h4-7H,3,8H2,1-2H3. The molecule has 2 aromatic rings. The van der Waals surface area contributed by atoms with Crippen molar-refractivity contribution in [3.05, 3.63) is 52.9 Å². The van der Waals surface area contributed by atoms with Gasteiger partial charge in [0.25, 0.3) is 0 Å². The van der Waals surface area contributed by atoms with Crippen LogP contribution in [0.3, 0.4) is 0 Å². The second-order valence-electron chi connectivity index (χ2n) is 4.33. The van der Waals surface area contributed by atoms with Crippen molar-refractivity contribution in [2.45, 2.75) is 19.8 Å². The lowest BCUT2D eigenvalue weighted by Crippen LogP contribution is -2.08. The van der Waals surface area contributed by atoms with Gasteiger partial charge in [-0.2, -0.15) is 5.10 Å². The van der Waals surface area contributed by atoms with E-state index in [1.807, 2.05) is 13.0 Å². The van der Waals surface area contributed by atoms with Crippen LogP contribution in [0.2, 0.25) is 0 Å². The summed E-state index contributed by atoms with van der Waals surface area (Å²) in [5.41, 5.74) is 1.82. The maximum atomic E-state index is 13.1. The summed E-state index contributed by atoms with van der Waals surface area (Å²) >= 11 is 0. The molecule has 1 heterocycles. The number of benzene rings is 1. The van der Waals surface area contributed by atoms with E-state index in [1.54, 1.807) is 11.7 Å². The van der Waals surface area contributed by atoms with Crippen LogP contribution in [0.15, 0.2) is 24.3 Å². The fourth-order valence-corrected chi connectivity index (χ4v) is 1.85. The number of nitrogens with zero attached hydrogens (tertiary/aromatic N) is 2. The van der Waals surface area contributed by atoms with E-state index in [-0.39, 0.29) is 17.8 Å². The van der Waals surface area contributed by atoms with Gasteiger partial charge < -0.3 is 0 Å². The molecular weight excluding hydrogens is 250 g/mol. The summed E-state index contributed by atoms with van der Waals surface area (Å²) in [4.78, 5) is 12.0. The van der Waals surface area contributed by atoms with Crippen LogP contribution in [-0.4, -0.2) is 15.6 Å². The summed E-state index contributed by atoms with van der Waals surface area (Å²) < 4.78 is 27.5. The van der Waals surface area contributed by atoms with E-state index in [2.05, 4.69) is 5.10 Å². The van der Waals surface area contributed by atoms with Gasteiger partial charge in [-0.1, -0.05) is 6.92 Å². The Hall–Kier alpha value is -2.04. The van der Waals surface area contributed by atoms with E-state index in [0.717, 1.165) is 29.9 Å². The molecule has 0 amide bonds. The second-order valence-corrected chi connectivity index (χ2v) is 4.33. The molecule has 5 heteroatoms. The van der Waals surface area contributed by atoms with Crippen molar-refractivity contribution < 1.29 is 13.6 Å². The van der Waals surface area contributed by atoms with Crippen LogP contribution >= 0.6 is 0 Å². The molecule has 0 bridgehead atoms. The zero-order chi connectivity index (χ0) is 14.0. The molecule has 1 aromatic carbocycles. The number of aromatic nitrogens is 2. The summed E-state index contributed by atoms with van der Waals surface area (Å²) in [6.07, 6.45) is 0.905. The Labute approximate surface area is 109 Å². The summed E-state index contributed by atoms with van der Waals surface area (Å²) in [6, 6.07) is 5.02. The average molecular weight is 264 g/mol. The van der Waals surface area contributed by atoms with Gasteiger partial charge in [0.05, 0.1) is 12.1 Å². The van der Waals surface area contributed by atoms with E-state index in [1.165, 1.54) is 6.07 Å². The van der Waals surface area contributed by atoms with Crippen LogP contribution < -0.4 is 0 Å². The van der Waals surface area contributed by atoms with Crippen LogP contribution in [0, 0.1) is 11.6 Å². The number of hydrogen-bond donors (Lipinski definition) is 0. The van der Waals surface area contributed by atoms with E-state index >= 15 is 0 Å². The minimum Gasteiger partial charge on any atom is -0.294 e. The molecule has 0 aliphatic carbocycles. The summed E-state index contributed by atoms with van der Waals surface area (Å²) in [6.45, 7) is 1.98. The predicted molar refractivity (Wildman–Crippen MR) is 67.0 cm³/mol. The van der Waals surface area contributed by atoms with Gasteiger partial charge in [-0.15, -0.1) is 0 Å². The molecule has 0 saturated heterocycles. The van der Waals surface area contributed by atoms with Gasteiger partial charge in [-0.25, -0.2) is 8.78 Å². The number of Topliss-reactive ketones (excluding diaryl/α,β-unsaturated/α-hetero) is 1. The van der Waals surface area contributed by atoms with Gasteiger partial charge in [0.2, 0.25) is 0 Å². The Balaban J connectivity index is 2.20. The van der Waals surface area contributed by atoms with Crippen molar-refractivity contribution in [3.8, 4) is 0 Å². The minimum absolute atomic E-state index is 0.120. The summed E-state index contributed by atoms with van der Waals surface area (Å²) in [5, 5.41) is 4.24. The van der Waals surface area contributed by atoms with Crippen molar-refractivity contribution in [1.82, 2.24) is 9.78 Å². The van der Waals surface area contributed by atoms with Crippen molar-refractivity contribution >= 4 is 5.78 Å². The molecule has 3 nitrogen and oxygen atoms in total. The molecule has 0 unspecified atom stereocenters. The highest BCUT2D eigenvalue weighted by atomic mass is 19.2. The van der Waals surface area contributed by atoms with E-state index < -0.39 is 11.6 Å². The third-order valence-electron chi connectivity index (χ3n) is 2.97. The van der Waals surface area contributed by atoms with Crippen molar-refractivity contribution in [3.63, 3.8) is 0 Å². The lowest BCUT2D eigenvalue weighted by Gasteiger charge is -2.02. The Morgan fingerprint density at radius 3 is 2.58 bits per heavy atom. The molecule has 1 aromatic heterocycles. The molecular formula is C14H14F2N2O. The maximum absolute atomic E-state index is 13.1. The maximum Gasteiger partial charge on any atom is 0.168 e. The zero-order valence-electron chi connectivity index (χ0n) is 10.8. The van der Waals surface area contributed by atoms with Gasteiger partial charge in [0, 0.05) is 18.3 Å². The largest absolute Gasteiger partial charge is 0.294 e. The van der Waals surface area contributed by atoms with Crippen LogP contribution in [0.5, 0.6) is 0 Å². The van der Waals surface area contributed by atoms with Crippen LogP contribution in [0.4, 0.5) is 8.78 Å². The molecule has 0 spiro atoms. The molecule has 100 valence electrons. The summed E-state index contributed by atoms with van der Waals surface area (Å²) in [7, 11) is 1.76. The number of carbonyl (C=O) groups is 1. The van der Waals surface area contributed by atoms with Crippen molar-refractivity contribution in [2.75, 3.05) is 0 Å². The molecule has 0 radical (unpaired) electrons. The third kappa shape index (κ3) is 2.86. The highest BCUT2D eigenvalue weighted by Crippen LogP contribution is 2.13. The minimum atomic E-state index is -1.01. The number of aryl methyl sites for hydroxylation is 2. The van der Waals surface area contributed by atoms with Crippen LogP contribution in [-0.2, 0) is 19.9 Å². The highest BCUT2D eigenvalue weighted by Gasteiger charge is 2.13. The zero-order valence-corrected chi connectivity index (χ0v) is 10.8. The molecule has 0 aliphatic rings. The van der Waals surface area contributed by atoms with Crippen molar-refractivity contribution in [2.24, 2.45) is 7.05 Å². The molecule has 19 heavy (non-hydrogen) atoms. The first-order chi connectivity index (χ1) is 9.01. The lowest BCUT2D eigenvalue weighted by atomic mass is 10.1. The second kappa shape index (κ2) is 5.30. The number of rotatable bonds is 4. The summed E-state index contributed by atoms with van der Waals surface area (Å²) in [5.74, 6) is -2.22. The predicted octanol–water partition coefficient (Wildman–Crippen LogP) is 2.69. The SMILES string of the molecule is CCc1cc(CC(=O)c2ccc(F)c(F)c2)n(C)n1. The first kappa shape index (κ1) is 13.4. The Morgan fingerprint density at radius 1 is 1.26 bits per heavy atom. The Bertz CT molecular complexity index is 620. The molecule has 0 saturated carbocycles. The lowest BCUT2D eigenvalue weighted by molar-refractivity contribution is 0.0990. The fraction of sp³-hybridized carbons (Fsp3) is 0.286. The topological polar surface area (TPSA) is 34.9 Å². The number of halogens is 2. The first-order valence-corrected chi connectivity index (χ1v) is 6.01. The fourth-order valence-electron chi connectivity index (χ4n) is 1.85. The highest BCUT2D eigenvalue weighted by molar-refractivity contribution is 5.97.